The standard InChI is InChI=1S/C26H34N4O2/c31-24(10-6-9-20-7-2-1-3-8-20)28-23-11-16-27-30(23)21-12-17-29(18-13-21)25(32)22-19-26(22)14-4-5-15-26/h1-3,7-8,11,16,21-22H,4-6,9-10,12-15,17-19H2,(H,28,31). The fourth-order valence-electron chi connectivity index (χ4n) is 5.89. The van der Waals surface area contributed by atoms with Crippen molar-refractivity contribution >= 4 is 17.6 Å². The Kier molecular flexibility index (Phi) is 6.03. The topological polar surface area (TPSA) is 67.2 Å². The first-order valence-corrected chi connectivity index (χ1v) is 12.3. The third-order valence-corrected chi connectivity index (χ3v) is 7.86. The van der Waals surface area contributed by atoms with E-state index >= 15 is 0 Å². The Labute approximate surface area is 190 Å². The number of benzene rings is 1. The lowest BCUT2D eigenvalue weighted by molar-refractivity contribution is -0.134. The molecule has 1 spiro atoms. The largest absolute Gasteiger partial charge is 0.342 e. The number of rotatable bonds is 7. The van der Waals surface area contributed by atoms with Crippen molar-refractivity contribution in [3.8, 4) is 0 Å². The molecule has 6 nitrogen and oxygen atoms in total. The Hall–Kier alpha value is -2.63. The summed E-state index contributed by atoms with van der Waals surface area (Å²) < 4.78 is 1.95. The maximum atomic E-state index is 13.0. The molecule has 5 rings (SSSR count). The van der Waals surface area contributed by atoms with E-state index in [1.807, 2.05) is 28.9 Å². The number of nitrogens with zero attached hydrogens (tertiary/aromatic N) is 3. The van der Waals surface area contributed by atoms with Gasteiger partial charge in [-0.1, -0.05) is 43.2 Å². The Morgan fingerprint density at radius 1 is 1.06 bits per heavy atom. The van der Waals surface area contributed by atoms with Gasteiger partial charge in [0.25, 0.3) is 0 Å². The second-order valence-corrected chi connectivity index (χ2v) is 9.93. The summed E-state index contributed by atoms with van der Waals surface area (Å²) in [5, 5.41) is 7.54. The number of aryl methyl sites for hydroxylation is 1. The summed E-state index contributed by atoms with van der Waals surface area (Å²) in [6.07, 6.45) is 12.0. The molecule has 1 N–H and O–H groups in total. The number of hydrogen-bond acceptors (Lipinski definition) is 3. The van der Waals surface area contributed by atoms with Gasteiger partial charge in [-0.25, -0.2) is 4.68 Å². The molecule has 1 unspecified atom stereocenters. The van der Waals surface area contributed by atoms with Gasteiger partial charge in [-0.3, -0.25) is 9.59 Å². The molecule has 1 aliphatic heterocycles. The molecule has 1 atom stereocenters. The molecule has 3 fully saturated rings. The third kappa shape index (κ3) is 4.45. The summed E-state index contributed by atoms with van der Waals surface area (Å²) >= 11 is 0. The summed E-state index contributed by atoms with van der Waals surface area (Å²) in [7, 11) is 0. The first-order chi connectivity index (χ1) is 15.6. The molecule has 2 heterocycles. The molecule has 170 valence electrons. The fraction of sp³-hybridized carbons (Fsp3) is 0.577. The van der Waals surface area contributed by atoms with E-state index in [-0.39, 0.29) is 17.9 Å². The summed E-state index contributed by atoms with van der Waals surface area (Å²) in [4.78, 5) is 27.5. The number of carbonyl (C=O) groups is 2. The maximum absolute atomic E-state index is 13.0. The van der Waals surface area contributed by atoms with Crippen LogP contribution in [0.4, 0.5) is 5.82 Å². The van der Waals surface area contributed by atoms with Gasteiger partial charge in [-0.15, -0.1) is 0 Å². The van der Waals surface area contributed by atoms with Gasteiger partial charge < -0.3 is 10.2 Å². The van der Waals surface area contributed by atoms with Gasteiger partial charge in [0.05, 0.1) is 12.2 Å². The van der Waals surface area contributed by atoms with Gasteiger partial charge in [0.15, 0.2) is 0 Å². The van der Waals surface area contributed by atoms with Crippen LogP contribution >= 0.6 is 0 Å². The molecular formula is C26H34N4O2. The lowest BCUT2D eigenvalue weighted by atomic mass is 10.00. The van der Waals surface area contributed by atoms with E-state index in [2.05, 4.69) is 27.4 Å². The lowest BCUT2D eigenvalue weighted by Gasteiger charge is -2.33. The zero-order valence-electron chi connectivity index (χ0n) is 18.8. The first-order valence-electron chi connectivity index (χ1n) is 12.3. The molecular weight excluding hydrogens is 400 g/mol. The van der Waals surface area contributed by atoms with Gasteiger partial charge in [-0.2, -0.15) is 5.10 Å². The van der Waals surface area contributed by atoms with Gasteiger partial charge in [0.1, 0.15) is 5.82 Å². The van der Waals surface area contributed by atoms with Crippen LogP contribution in [0.15, 0.2) is 42.6 Å². The summed E-state index contributed by atoms with van der Waals surface area (Å²) in [6, 6.07) is 12.4. The zero-order chi connectivity index (χ0) is 22.0. The van der Waals surface area contributed by atoms with Crippen LogP contribution in [-0.2, 0) is 16.0 Å². The number of hydrogen-bond donors (Lipinski definition) is 1. The van der Waals surface area contributed by atoms with Crippen molar-refractivity contribution < 1.29 is 9.59 Å². The van der Waals surface area contributed by atoms with E-state index in [9.17, 15) is 9.59 Å². The molecule has 1 aromatic carbocycles. The highest BCUT2D eigenvalue weighted by Gasteiger charge is 2.59. The Bertz CT molecular complexity index is 940. The number of aromatic nitrogens is 2. The highest BCUT2D eigenvalue weighted by Crippen LogP contribution is 2.63. The molecule has 0 bridgehead atoms. The first kappa shape index (κ1) is 21.2. The Morgan fingerprint density at radius 3 is 2.56 bits per heavy atom. The molecule has 1 saturated heterocycles. The van der Waals surface area contributed by atoms with Crippen LogP contribution in [-0.4, -0.2) is 39.6 Å². The summed E-state index contributed by atoms with van der Waals surface area (Å²) in [5.41, 5.74) is 1.63. The quantitative estimate of drug-likeness (QED) is 0.693. The predicted molar refractivity (Wildman–Crippen MR) is 124 cm³/mol. The second-order valence-electron chi connectivity index (χ2n) is 9.93. The highest BCUT2D eigenvalue weighted by atomic mass is 16.2. The maximum Gasteiger partial charge on any atom is 0.226 e. The van der Waals surface area contributed by atoms with Gasteiger partial charge in [0.2, 0.25) is 11.8 Å². The molecule has 6 heteroatoms. The van der Waals surface area contributed by atoms with E-state index in [0.29, 0.717) is 17.7 Å². The van der Waals surface area contributed by atoms with Gasteiger partial charge in [-0.05, 0) is 55.9 Å². The van der Waals surface area contributed by atoms with Crippen LogP contribution in [0.2, 0.25) is 0 Å². The SMILES string of the molecule is O=C(CCCc1ccccc1)Nc1ccnn1C1CCN(C(=O)C2CC23CCCC3)CC1. The predicted octanol–water partition coefficient (Wildman–Crippen LogP) is 4.59. The Balaban J connectivity index is 1.09. The van der Waals surface area contributed by atoms with Crippen molar-refractivity contribution in [1.29, 1.82) is 0 Å². The molecule has 1 aromatic heterocycles. The zero-order valence-corrected chi connectivity index (χ0v) is 18.8. The van der Waals surface area contributed by atoms with Crippen LogP contribution in [0.25, 0.3) is 0 Å². The minimum absolute atomic E-state index is 0.0332. The summed E-state index contributed by atoms with van der Waals surface area (Å²) in [5.74, 6) is 1.48. The van der Waals surface area contributed by atoms with Crippen molar-refractivity contribution in [2.24, 2.45) is 11.3 Å². The molecule has 2 aromatic rings. The minimum atomic E-state index is 0.0332. The number of anilines is 1. The van der Waals surface area contributed by atoms with Crippen LogP contribution in [0.3, 0.4) is 0 Å². The molecule has 0 radical (unpaired) electrons. The van der Waals surface area contributed by atoms with E-state index in [1.165, 1.54) is 31.2 Å². The van der Waals surface area contributed by atoms with Crippen LogP contribution in [0.1, 0.15) is 69.4 Å². The van der Waals surface area contributed by atoms with Gasteiger partial charge in [0, 0.05) is 31.5 Å². The number of carbonyl (C=O) groups excluding carboxylic acids is 2. The smallest absolute Gasteiger partial charge is 0.226 e. The number of piperidine rings is 1. The number of amides is 2. The van der Waals surface area contributed by atoms with Crippen molar-refractivity contribution in [2.45, 2.75) is 70.3 Å². The average molecular weight is 435 g/mol. The molecule has 2 saturated carbocycles. The van der Waals surface area contributed by atoms with E-state index in [4.69, 9.17) is 0 Å². The van der Waals surface area contributed by atoms with Crippen LogP contribution < -0.4 is 5.32 Å². The second kappa shape index (κ2) is 9.08. The molecule has 3 aliphatic rings. The van der Waals surface area contributed by atoms with E-state index in [1.54, 1.807) is 6.20 Å². The molecule has 2 amide bonds. The highest BCUT2D eigenvalue weighted by molar-refractivity contribution is 5.89. The van der Waals surface area contributed by atoms with Crippen molar-refractivity contribution in [3.05, 3.63) is 48.2 Å². The third-order valence-electron chi connectivity index (χ3n) is 7.86. The monoisotopic (exact) mass is 434 g/mol. The van der Waals surface area contributed by atoms with E-state index in [0.717, 1.165) is 51.0 Å². The van der Waals surface area contributed by atoms with Crippen LogP contribution in [0.5, 0.6) is 0 Å². The van der Waals surface area contributed by atoms with Crippen molar-refractivity contribution in [2.75, 3.05) is 18.4 Å². The normalized spacial score (nSPS) is 22.2. The summed E-state index contributed by atoms with van der Waals surface area (Å²) in [6.45, 7) is 1.58. The Morgan fingerprint density at radius 2 is 1.81 bits per heavy atom. The van der Waals surface area contributed by atoms with Crippen molar-refractivity contribution in [1.82, 2.24) is 14.7 Å². The van der Waals surface area contributed by atoms with Crippen LogP contribution in [0, 0.1) is 11.3 Å². The molecule has 2 aliphatic carbocycles. The molecule has 32 heavy (non-hydrogen) atoms. The number of nitrogens with one attached hydrogen (secondary N) is 1. The number of likely N-dealkylation sites (tertiary alicyclic amines) is 1. The van der Waals surface area contributed by atoms with Gasteiger partial charge >= 0.3 is 0 Å². The van der Waals surface area contributed by atoms with Crippen molar-refractivity contribution in [3.63, 3.8) is 0 Å². The minimum Gasteiger partial charge on any atom is -0.342 e. The van der Waals surface area contributed by atoms with E-state index < -0.39 is 0 Å². The lowest BCUT2D eigenvalue weighted by Crippen LogP contribution is -2.41. The average Bonchev–Trinajstić information content (AvgIpc) is 3.11. The fourth-order valence-corrected chi connectivity index (χ4v) is 5.89.